The van der Waals surface area contributed by atoms with Crippen LogP contribution in [-0.2, 0) is 6.42 Å². The molecule has 1 aromatic rings. The zero-order chi connectivity index (χ0) is 13.8. The number of hydrogen-bond donors (Lipinski definition) is 1. The molecule has 1 saturated carbocycles. The Hall–Kier alpha value is -1.06. The van der Waals surface area contributed by atoms with Gasteiger partial charge < -0.3 is 10.1 Å². The number of likely N-dealkylation sites (tertiary alicyclic amines) is 1. The van der Waals surface area contributed by atoms with E-state index in [1.54, 1.807) is 7.11 Å². The summed E-state index contributed by atoms with van der Waals surface area (Å²) in [5.74, 6) is 0.946. The molecule has 1 heterocycles. The van der Waals surface area contributed by atoms with Gasteiger partial charge >= 0.3 is 0 Å². The quantitative estimate of drug-likeness (QED) is 0.826. The van der Waals surface area contributed by atoms with Crippen LogP contribution in [0.25, 0.3) is 0 Å². The van der Waals surface area contributed by atoms with Gasteiger partial charge in [0.15, 0.2) is 0 Å². The summed E-state index contributed by atoms with van der Waals surface area (Å²) in [4.78, 5) is 2.67. The van der Waals surface area contributed by atoms with Crippen LogP contribution in [0.2, 0.25) is 0 Å². The van der Waals surface area contributed by atoms with E-state index >= 15 is 0 Å². The molecule has 3 rings (SSSR count). The number of nitrogens with one attached hydrogen (secondary N) is 1. The lowest BCUT2D eigenvalue weighted by Crippen LogP contribution is -2.39. The number of methoxy groups -OCH3 is 1. The molecule has 3 heteroatoms. The lowest BCUT2D eigenvalue weighted by Gasteiger charge is -2.24. The van der Waals surface area contributed by atoms with E-state index in [0.29, 0.717) is 0 Å². The van der Waals surface area contributed by atoms with Gasteiger partial charge in [0.05, 0.1) is 7.11 Å². The molecule has 1 aromatic carbocycles. The fourth-order valence-electron chi connectivity index (χ4n) is 3.08. The Morgan fingerprint density at radius 1 is 1.20 bits per heavy atom. The summed E-state index contributed by atoms with van der Waals surface area (Å²) in [5.41, 5.74) is 1.41. The Balaban J connectivity index is 1.45. The van der Waals surface area contributed by atoms with Crippen molar-refractivity contribution in [2.45, 2.75) is 44.2 Å². The zero-order valence-electron chi connectivity index (χ0n) is 12.5. The van der Waals surface area contributed by atoms with Crippen molar-refractivity contribution in [1.82, 2.24) is 10.2 Å². The van der Waals surface area contributed by atoms with E-state index in [0.717, 1.165) is 24.3 Å². The maximum atomic E-state index is 5.21. The minimum absolute atomic E-state index is 0.758. The highest BCUT2D eigenvalue weighted by Crippen LogP contribution is 2.22. The van der Waals surface area contributed by atoms with Crippen molar-refractivity contribution in [3.05, 3.63) is 29.8 Å². The molecule has 0 spiro atoms. The summed E-state index contributed by atoms with van der Waals surface area (Å²) < 4.78 is 5.21. The molecular formula is C17H26N2O. The smallest absolute Gasteiger partial charge is 0.118 e. The van der Waals surface area contributed by atoms with Gasteiger partial charge in [0.1, 0.15) is 5.75 Å². The molecular weight excluding hydrogens is 248 g/mol. The van der Waals surface area contributed by atoms with Gasteiger partial charge in [-0.25, -0.2) is 0 Å². The first-order valence-electron chi connectivity index (χ1n) is 7.95. The molecule has 1 unspecified atom stereocenters. The molecule has 0 radical (unpaired) electrons. The van der Waals surface area contributed by atoms with Crippen LogP contribution in [-0.4, -0.2) is 43.7 Å². The van der Waals surface area contributed by atoms with Gasteiger partial charge in [0.2, 0.25) is 0 Å². The van der Waals surface area contributed by atoms with Crippen LogP contribution in [0, 0.1) is 0 Å². The average molecular weight is 274 g/mol. The van der Waals surface area contributed by atoms with Crippen LogP contribution in [0.4, 0.5) is 0 Å². The molecule has 2 aliphatic rings. The first kappa shape index (κ1) is 13.9. The maximum absolute atomic E-state index is 5.21. The van der Waals surface area contributed by atoms with Gasteiger partial charge in [-0.3, -0.25) is 4.90 Å². The van der Waals surface area contributed by atoms with Gasteiger partial charge in [-0.05, 0) is 56.3 Å². The van der Waals surface area contributed by atoms with Crippen molar-refractivity contribution < 1.29 is 4.74 Å². The highest BCUT2D eigenvalue weighted by Gasteiger charge is 2.27. The minimum Gasteiger partial charge on any atom is -0.497 e. The number of nitrogens with zero attached hydrogens (tertiary/aromatic N) is 1. The van der Waals surface area contributed by atoms with Crippen molar-refractivity contribution in [2.24, 2.45) is 0 Å². The highest BCUT2D eigenvalue weighted by molar-refractivity contribution is 5.27. The molecule has 20 heavy (non-hydrogen) atoms. The number of benzene rings is 1. The van der Waals surface area contributed by atoms with E-state index in [4.69, 9.17) is 4.74 Å². The first-order valence-corrected chi connectivity index (χ1v) is 7.95. The molecule has 1 atom stereocenters. The predicted octanol–water partition coefficient (Wildman–Crippen LogP) is 2.45. The Labute approximate surface area is 122 Å². The van der Waals surface area contributed by atoms with Gasteiger partial charge in [-0.1, -0.05) is 12.1 Å². The van der Waals surface area contributed by atoms with Crippen LogP contribution in [0.3, 0.4) is 0 Å². The lowest BCUT2D eigenvalue weighted by molar-refractivity contribution is 0.250. The van der Waals surface area contributed by atoms with Crippen LogP contribution >= 0.6 is 0 Å². The largest absolute Gasteiger partial charge is 0.497 e. The van der Waals surface area contributed by atoms with E-state index in [-0.39, 0.29) is 0 Å². The van der Waals surface area contributed by atoms with E-state index < -0.39 is 0 Å². The average Bonchev–Trinajstić information content (AvgIpc) is 3.22. The van der Waals surface area contributed by atoms with Crippen molar-refractivity contribution in [3.8, 4) is 5.75 Å². The Bertz CT molecular complexity index is 414. The monoisotopic (exact) mass is 274 g/mol. The molecule has 1 N–H and O–H groups in total. The Kier molecular flexibility index (Phi) is 4.58. The Morgan fingerprint density at radius 2 is 2.00 bits per heavy atom. The minimum atomic E-state index is 0.758. The second kappa shape index (κ2) is 6.59. The summed E-state index contributed by atoms with van der Waals surface area (Å²) in [7, 11) is 1.72. The molecule has 110 valence electrons. The Morgan fingerprint density at radius 3 is 2.70 bits per heavy atom. The standard InChI is InChI=1S/C17H26N2O/c1-20-17-8-4-14(5-9-17)10-12-19-11-2-3-16(19)13-18-15-6-7-15/h4-5,8-9,15-16,18H,2-3,6-7,10-13H2,1H3. The topological polar surface area (TPSA) is 24.5 Å². The second-order valence-electron chi connectivity index (χ2n) is 6.11. The molecule has 1 aliphatic heterocycles. The molecule has 0 aromatic heterocycles. The third-order valence-corrected chi connectivity index (χ3v) is 4.57. The van der Waals surface area contributed by atoms with E-state index in [1.165, 1.54) is 50.9 Å². The normalized spacial score (nSPS) is 23.1. The zero-order valence-corrected chi connectivity index (χ0v) is 12.5. The first-order chi connectivity index (χ1) is 9.85. The fourth-order valence-corrected chi connectivity index (χ4v) is 3.08. The van der Waals surface area contributed by atoms with E-state index in [2.05, 4.69) is 34.5 Å². The summed E-state index contributed by atoms with van der Waals surface area (Å²) in [6.45, 7) is 3.64. The molecule has 0 amide bonds. The van der Waals surface area contributed by atoms with Crippen molar-refractivity contribution in [3.63, 3.8) is 0 Å². The summed E-state index contributed by atoms with van der Waals surface area (Å²) >= 11 is 0. The van der Waals surface area contributed by atoms with Crippen LogP contribution in [0.5, 0.6) is 5.75 Å². The van der Waals surface area contributed by atoms with Crippen molar-refractivity contribution in [1.29, 1.82) is 0 Å². The molecule has 2 fully saturated rings. The van der Waals surface area contributed by atoms with Crippen molar-refractivity contribution >= 4 is 0 Å². The third-order valence-electron chi connectivity index (χ3n) is 4.57. The van der Waals surface area contributed by atoms with Crippen LogP contribution < -0.4 is 10.1 Å². The number of hydrogen-bond acceptors (Lipinski definition) is 3. The summed E-state index contributed by atoms with van der Waals surface area (Å²) in [6, 6.07) is 10.1. The van der Waals surface area contributed by atoms with Crippen molar-refractivity contribution in [2.75, 3.05) is 26.7 Å². The second-order valence-corrected chi connectivity index (χ2v) is 6.11. The van der Waals surface area contributed by atoms with Crippen LogP contribution in [0.15, 0.2) is 24.3 Å². The predicted molar refractivity (Wildman–Crippen MR) is 82.3 cm³/mol. The molecule has 1 aliphatic carbocycles. The highest BCUT2D eigenvalue weighted by atomic mass is 16.5. The SMILES string of the molecule is COc1ccc(CCN2CCCC2CNC2CC2)cc1. The lowest BCUT2D eigenvalue weighted by atomic mass is 10.1. The molecule has 0 bridgehead atoms. The van der Waals surface area contributed by atoms with Gasteiger partial charge in [0.25, 0.3) is 0 Å². The molecule has 3 nitrogen and oxygen atoms in total. The number of rotatable bonds is 7. The number of ether oxygens (including phenoxy) is 1. The van der Waals surface area contributed by atoms with E-state index in [1.807, 2.05) is 0 Å². The maximum Gasteiger partial charge on any atom is 0.118 e. The molecule has 1 saturated heterocycles. The van der Waals surface area contributed by atoms with Gasteiger partial charge in [-0.15, -0.1) is 0 Å². The van der Waals surface area contributed by atoms with Gasteiger partial charge in [-0.2, -0.15) is 0 Å². The summed E-state index contributed by atoms with van der Waals surface area (Å²) in [5, 5.41) is 3.68. The summed E-state index contributed by atoms with van der Waals surface area (Å²) in [6.07, 6.45) is 6.64. The third kappa shape index (κ3) is 3.74. The van der Waals surface area contributed by atoms with E-state index in [9.17, 15) is 0 Å². The van der Waals surface area contributed by atoms with Gasteiger partial charge in [0, 0.05) is 25.2 Å². The van der Waals surface area contributed by atoms with Crippen LogP contribution in [0.1, 0.15) is 31.2 Å². The fraction of sp³-hybridized carbons (Fsp3) is 0.647.